The van der Waals surface area contributed by atoms with Crippen molar-refractivity contribution in [2.75, 3.05) is 6.54 Å². The lowest BCUT2D eigenvalue weighted by molar-refractivity contribution is -0.143. The highest BCUT2D eigenvalue weighted by Gasteiger charge is 2.27. The molecule has 2 nitrogen and oxygen atoms in total. The van der Waals surface area contributed by atoms with Gasteiger partial charge in [-0.25, -0.2) is 0 Å². The number of Topliss-reactive ketones (excluding diaryl/α,β-unsaturated/α-hetero) is 1. The Balaban J connectivity index is 2.09. The summed E-state index contributed by atoms with van der Waals surface area (Å²) in [6.07, 6.45) is -1.27. The Bertz CT molecular complexity index is 222. The molecule has 0 saturated carbocycles. The smallest absolute Gasteiger partial charge is 0.314 e. The highest BCUT2D eigenvalue weighted by atomic mass is 19.4. The molecule has 0 bridgehead atoms. The Labute approximate surface area is 93.6 Å². The molecule has 0 aromatic heterocycles. The summed E-state index contributed by atoms with van der Waals surface area (Å²) in [5, 5.41) is 3.27. The van der Waals surface area contributed by atoms with Crippen LogP contribution in [0.25, 0.3) is 0 Å². The topological polar surface area (TPSA) is 29.1 Å². The second kappa shape index (κ2) is 6.23. The summed E-state index contributed by atoms with van der Waals surface area (Å²) in [6, 6.07) is 0.323. The molecule has 1 aliphatic rings. The van der Waals surface area contributed by atoms with Crippen LogP contribution in [0.2, 0.25) is 0 Å². The van der Waals surface area contributed by atoms with E-state index in [0.29, 0.717) is 12.5 Å². The molecule has 1 aliphatic heterocycles. The summed E-state index contributed by atoms with van der Waals surface area (Å²) >= 11 is 0. The molecular weight excluding hydrogens is 219 g/mol. The Morgan fingerprint density at radius 1 is 1.25 bits per heavy atom. The van der Waals surface area contributed by atoms with Gasteiger partial charge in [0.25, 0.3) is 0 Å². The molecule has 1 fully saturated rings. The average molecular weight is 237 g/mol. The molecule has 5 heteroatoms. The van der Waals surface area contributed by atoms with Gasteiger partial charge >= 0.3 is 6.18 Å². The lowest BCUT2D eigenvalue weighted by Crippen LogP contribution is -2.34. The van der Waals surface area contributed by atoms with E-state index in [9.17, 15) is 18.0 Å². The predicted octanol–water partition coefficient (Wildman–Crippen LogP) is 2.82. The molecule has 94 valence electrons. The Hall–Kier alpha value is -0.580. The first kappa shape index (κ1) is 13.5. The van der Waals surface area contributed by atoms with Crippen LogP contribution in [0.5, 0.6) is 0 Å². The molecule has 1 unspecified atom stereocenters. The van der Waals surface area contributed by atoms with Crippen molar-refractivity contribution in [2.24, 2.45) is 0 Å². The first-order valence-electron chi connectivity index (χ1n) is 5.79. The summed E-state index contributed by atoms with van der Waals surface area (Å²) in [6.45, 7) is 0.960. The summed E-state index contributed by atoms with van der Waals surface area (Å²) in [5.74, 6) is -0.273. The zero-order valence-corrected chi connectivity index (χ0v) is 9.28. The molecule has 0 aromatic rings. The summed E-state index contributed by atoms with van der Waals surface area (Å²) in [4.78, 5) is 11.2. The van der Waals surface area contributed by atoms with Gasteiger partial charge in [-0.15, -0.1) is 0 Å². The van der Waals surface area contributed by atoms with Crippen molar-refractivity contribution >= 4 is 5.78 Å². The minimum atomic E-state index is -4.21. The number of piperidine rings is 1. The van der Waals surface area contributed by atoms with Crippen LogP contribution in [0.15, 0.2) is 0 Å². The van der Waals surface area contributed by atoms with Gasteiger partial charge in [-0.2, -0.15) is 13.2 Å². The van der Waals surface area contributed by atoms with Gasteiger partial charge in [-0.1, -0.05) is 6.42 Å². The van der Waals surface area contributed by atoms with E-state index < -0.39 is 12.6 Å². The number of rotatable bonds is 5. The maximum Gasteiger partial charge on any atom is 0.389 e. The van der Waals surface area contributed by atoms with Crippen molar-refractivity contribution in [3.05, 3.63) is 0 Å². The molecule has 0 aromatic carbocycles. The highest BCUT2D eigenvalue weighted by Crippen LogP contribution is 2.22. The monoisotopic (exact) mass is 237 g/mol. The van der Waals surface area contributed by atoms with Crippen LogP contribution in [0.1, 0.15) is 44.9 Å². The number of hydrogen-bond acceptors (Lipinski definition) is 2. The van der Waals surface area contributed by atoms with Crippen LogP contribution < -0.4 is 5.32 Å². The Morgan fingerprint density at radius 2 is 2.00 bits per heavy atom. The first-order chi connectivity index (χ1) is 7.47. The summed E-state index contributed by atoms with van der Waals surface area (Å²) in [5.41, 5.74) is 0. The fourth-order valence-electron chi connectivity index (χ4n) is 1.91. The number of ketones is 1. The van der Waals surface area contributed by atoms with Gasteiger partial charge in [-0.3, -0.25) is 4.79 Å². The third-order valence-corrected chi connectivity index (χ3v) is 2.87. The number of halogens is 3. The highest BCUT2D eigenvalue weighted by molar-refractivity contribution is 5.78. The van der Waals surface area contributed by atoms with E-state index in [1.807, 2.05) is 0 Å². The van der Waals surface area contributed by atoms with E-state index in [-0.39, 0.29) is 18.6 Å². The fourth-order valence-corrected chi connectivity index (χ4v) is 1.91. The van der Waals surface area contributed by atoms with Crippen LogP contribution in [0.4, 0.5) is 13.2 Å². The van der Waals surface area contributed by atoms with Gasteiger partial charge in [0.1, 0.15) is 5.78 Å². The van der Waals surface area contributed by atoms with Gasteiger partial charge in [0.15, 0.2) is 0 Å². The van der Waals surface area contributed by atoms with Gasteiger partial charge in [0.2, 0.25) is 0 Å². The largest absolute Gasteiger partial charge is 0.389 e. The number of carbonyl (C=O) groups is 1. The van der Waals surface area contributed by atoms with Crippen molar-refractivity contribution in [1.82, 2.24) is 5.32 Å². The maximum atomic E-state index is 11.8. The average Bonchev–Trinajstić information content (AvgIpc) is 2.24. The van der Waals surface area contributed by atoms with Crippen LogP contribution in [0.3, 0.4) is 0 Å². The summed E-state index contributed by atoms with van der Waals surface area (Å²) < 4.78 is 35.5. The number of alkyl halides is 3. The second-order valence-corrected chi connectivity index (χ2v) is 4.34. The molecule has 0 aliphatic carbocycles. The van der Waals surface area contributed by atoms with E-state index in [1.165, 1.54) is 0 Å². The van der Waals surface area contributed by atoms with Crippen LogP contribution in [-0.2, 0) is 4.79 Å². The zero-order valence-electron chi connectivity index (χ0n) is 9.28. The molecule has 1 saturated heterocycles. The Morgan fingerprint density at radius 3 is 2.56 bits per heavy atom. The van der Waals surface area contributed by atoms with Crippen molar-refractivity contribution in [1.29, 1.82) is 0 Å². The second-order valence-electron chi connectivity index (χ2n) is 4.34. The first-order valence-corrected chi connectivity index (χ1v) is 5.79. The van der Waals surface area contributed by atoms with E-state index in [4.69, 9.17) is 0 Å². The van der Waals surface area contributed by atoms with Crippen molar-refractivity contribution in [3.8, 4) is 0 Å². The predicted molar refractivity (Wildman–Crippen MR) is 55.2 cm³/mol. The zero-order chi connectivity index (χ0) is 12.0. The standard InChI is InChI=1S/C11H18F3NO/c12-11(13,14)7-6-10(16)5-4-9-3-1-2-8-15-9/h9,15H,1-8H2. The molecule has 0 radical (unpaired) electrons. The molecule has 1 heterocycles. The normalized spacial score (nSPS) is 22.1. The van der Waals surface area contributed by atoms with Gasteiger partial charge in [-0.05, 0) is 25.8 Å². The molecule has 1 atom stereocenters. The lowest BCUT2D eigenvalue weighted by atomic mass is 9.98. The molecule has 0 amide bonds. The molecule has 16 heavy (non-hydrogen) atoms. The van der Waals surface area contributed by atoms with Crippen LogP contribution in [-0.4, -0.2) is 24.5 Å². The van der Waals surface area contributed by atoms with Crippen LogP contribution >= 0.6 is 0 Å². The van der Waals surface area contributed by atoms with E-state index >= 15 is 0 Å². The minimum absolute atomic E-state index is 0.272. The molecular formula is C11H18F3NO. The van der Waals surface area contributed by atoms with Crippen LogP contribution in [0, 0.1) is 0 Å². The summed E-state index contributed by atoms with van der Waals surface area (Å²) in [7, 11) is 0. The van der Waals surface area contributed by atoms with E-state index in [1.54, 1.807) is 0 Å². The SMILES string of the molecule is O=C(CCC1CCCCN1)CCC(F)(F)F. The van der Waals surface area contributed by atoms with E-state index in [0.717, 1.165) is 25.8 Å². The maximum absolute atomic E-state index is 11.8. The lowest BCUT2D eigenvalue weighted by Gasteiger charge is -2.22. The quantitative estimate of drug-likeness (QED) is 0.796. The van der Waals surface area contributed by atoms with Crippen molar-refractivity contribution in [2.45, 2.75) is 57.2 Å². The van der Waals surface area contributed by atoms with E-state index in [2.05, 4.69) is 5.32 Å². The van der Waals surface area contributed by atoms with Crippen molar-refractivity contribution in [3.63, 3.8) is 0 Å². The number of carbonyl (C=O) groups excluding carboxylic acids is 1. The third-order valence-electron chi connectivity index (χ3n) is 2.87. The van der Waals surface area contributed by atoms with Crippen molar-refractivity contribution < 1.29 is 18.0 Å². The number of hydrogen-bond donors (Lipinski definition) is 1. The molecule has 0 spiro atoms. The number of nitrogens with one attached hydrogen (secondary N) is 1. The van der Waals surface area contributed by atoms with Gasteiger partial charge < -0.3 is 5.32 Å². The third kappa shape index (κ3) is 6.10. The Kier molecular flexibility index (Phi) is 5.25. The van der Waals surface area contributed by atoms with Gasteiger partial charge in [0, 0.05) is 18.9 Å². The fraction of sp³-hybridized carbons (Fsp3) is 0.909. The minimum Gasteiger partial charge on any atom is -0.314 e. The van der Waals surface area contributed by atoms with Gasteiger partial charge in [0.05, 0.1) is 6.42 Å². The molecule has 1 N–H and O–H groups in total. The molecule has 1 rings (SSSR count).